The second-order valence-electron chi connectivity index (χ2n) is 5.63. The molecule has 0 aliphatic carbocycles. The number of aryl methyl sites for hydroxylation is 1. The van der Waals surface area contributed by atoms with Gasteiger partial charge >= 0.3 is 5.97 Å². The fourth-order valence-corrected chi connectivity index (χ4v) is 3.04. The Morgan fingerprint density at radius 2 is 2.33 bits per heavy atom. The lowest BCUT2D eigenvalue weighted by Crippen LogP contribution is -2.46. The quantitative estimate of drug-likeness (QED) is 0.486. The number of fused-ring (bicyclic) bond motifs is 1. The molecule has 1 fully saturated rings. The van der Waals surface area contributed by atoms with Gasteiger partial charge in [0.05, 0.1) is 11.8 Å². The van der Waals surface area contributed by atoms with E-state index in [4.69, 9.17) is 4.74 Å². The molecule has 0 amide bonds. The molecular weight excluding hydrogens is 264 g/mol. The van der Waals surface area contributed by atoms with E-state index in [1.165, 1.54) is 24.7 Å². The highest BCUT2D eigenvalue weighted by Crippen LogP contribution is 2.34. The number of allylic oxidation sites excluding steroid dienone is 2. The summed E-state index contributed by atoms with van der Waals surface area (Å²) in [5.41, 5.74) is 2.83. The van der Waals surface area contributed by atoms with Crippen molar-refractivity contribution in [2.45, 2.75) is 32.2 Å². The van der Waals surface area contributed by atoms with E-state index in [2.05, 4.69) is 11.1 Å². The van der Waals surface area contributed by atoms with Crippen molar-refractivity contribution in [3.05, 3.63) is 48.1 Å². The standard InChI is InChI=1S/C17H21N2O2/c1-3-11-21-17(20)16-15(5-4-9-18(16)2)13-6-7-14-8-10-19(14)12-13/h3-5,9,11-12,14H,6-8,10H2,1-2H3/q+1/b11-3+. The van der Waals surface area contributed by atoms with Gasteiger partial charge in [0.25, 0.3) is 5.69 Å². The molecule has 0 spiro atoms. The molecule has 1 aromatic heterocycles. The van der Waals surface area contributed by atoms with Gasteiger partial charge in [0, 0.05) is 24.9 Å². The zero-order chi connectivity index (χ0) is 14.8. The second-order valence-corrected chi connectivity index (χ2v) is 5.63. The predicted octanol–water partition coefficient (Wildman–Crippen LogP) is 2.41. The second kappa shape index (κ2) is 5.72. The minimum absolute atomic E-state index is 0.308. The van der Waals surface area contributed by atoms with Gasteiger partial charge in [-0.2, -0.15) is 4.57 Å². The van der Waals surface area contributed by atoms with Crippen molar-refractivity contribution < 1.29 is 14.1 Å². The van der Waals surface area contributed by atoms with Gasteiger partial charge in [0.1, 0.15) is 7.05 Å². The first-order chi connectivity index (χ1) is 10.2. The number of hydrogen-bond acceptors (Lipinski definition) is 3. The normalized spacial score (nSPS) is 20.8. The number of aromatic nitrogens is 1. The molecule has 21 heavy (non-hydrogen) atoms. The fourth-order valence-electron chi connectivity index (χ4n) is 3.04. The highest BCUT2D eigenvalue weighted by Gasteiger charge is 2.32. The van der Waals surface area contributed by atoms with Gasteiger partial charge in [-0.25, -0.2) is 4.79 Å². The molecule has 3 rings (SSSR count). The molecule has 1 unspecified atom stereocenters. The molecule has 3 heterocycles. The number of ether oxygens (including phenoxy) is 1. The van der Waals surface area contributed by atoms with E-state index in [9.17, 15) is 4.79 Å². The van der Waals surface area contributed by atoms with Gasteiger partial charge in [-0.1, -0.05) is 6.08 Å². The van der Waals surface area contributed by atoms with Crippen LogP contribution in [0.2, 0.25) is 0 Å². The Morgan fingerprint density at radius 3 is 3.00 bits per heavy atom. The van der Waals surface area contributed by atoms with Crippen molar-refractivity contribution in [3.63, 3.8) is 0 Å². The van der Waals surface area contributed by atoms with Crippen molar-refractivity contribution in [1.29, 1.82) is 0 Å². The highest BCUT2D eigenvalue weighted by molar-refractivity contribution is 5.92. The lowest BCUT2D eigenvalue weighted by Gasteiger charge is -2.44. The van der Waals surface area contributed by atoms with Crippen molar-refractivity contribution in [2.75, 3.05) is 6.54 Å². The fraction of sp³-hybridized carbons (Fsp3) is 0.412. The maximum Gasteiger partial charge on any atom is 0.409 e. The van der Waals surface area contributed by atoms with Gasteiger partial charge in [0.2, 0.25) is 0 Å². The highest BCUT2D eigenvalue weighted by atomic mass is 16.5. The topological polar surface area (TPSA) is 33.4 Å². The van der Waals surface area contributed by atoms with Crippen LogP contribution in [-0.2, 0) is 11.8 Å². The van der Waals surface area contributed by atoms with Gasteiger partial charge in [-0.15, -0.1) is 0 Å². The number of pyridine rings is 1. The molecule has 1 atom stereocenters. The molecule has 0 aromatic carbocycles. The van der Waals surface area contributed by atoms with Crippen LogP contribution in [0.3, 0.4) is 0 Å². The lowest BCUT2D eigenvalue weighted by molar-refractivity contribution is -0.674. The summed E-state index contributed by atoms with van der Waals surface area (Å²) in [6.45, 7) is 2.96. The zero-order valence-electron chi connectivity index (χ0n) is 12.6. The summed E-state index contributed by atoms with van der Waals surface area (Å²) in [6.07, 6.45) is 10.7. The largest absolute Gasteiger partial charge is 0.427 e. The van der Waals surface area contributed by atoms with Crippen LogP contribution in [0.15, 0.2) is 36.9 Å². The summed E-state index contributed by atoms with van der Waals surface area (Å²) in [5.74, 6) is -0.308. The van der Waals surface area contributed by atoms with Crippen LogP contribution < -0.4 is 4.57 Å². The predicted molar refractivity (Wildman–Crippen MR) is 80.2 cm³/mol. The van der Waals surface area contributed by atoms with E-state index in [0.29, 0.717) is 11.7 Å². The third kappa shape index (κ3) is 2.58. The third-order valence-electron chi connectivity index (χ3n) is 4.29. The molecular formula is C17H21N2O2+. The first-order valence-corrected chi connectivity index (χ1v) is 7.48. The average Bonchev–Trinajstić information content (AvgIpc) is 2.46. The summed E-state index contributed by atoms with van der Waals surface area (Å²) >= 11 is 0. The van der Waals surface area contributed by atoms with Gasteiger partial charge in [0.15, 0.2) is 6.20 Å². The molecule has 4 heteroatoms. The molecule has 4 nitrogen and oxygen atoms in total. The van der Waals surface area contributed by atoms with Crippen molar-refractivity contribution in [2.24, 2.45) is 7.05 Å². The number of rotatable bonds is 3. The number of carbonyl (C=O) groups excluding carboxylic acids is 1. The molecule has 0 radical (unpaired) electrons. The Balaban J connectivity index is 1.96. The van der Waals surface area contributed by atoms with Crippen molar-refractivity contribution >= 4 is 11.5 Å². The monoisotopic (exact) mass is 285 g/mol. The Kier molecular flexibility index (Phi) is 3.78. The number of esters is 1. The Hall–Kier alpha value is -2.10. The summed E-state index contributed by atoms with van der Waals surface area (Å²) in [5, 5.41) is 0. The summed E-state index contributed by atoms with van der Waals surface area (Å²) in [4.78, 5) is 14.7. The third-order valence-corrected chi connectivity index (χ3v) is 4.29. The van der Waals surface area contributed by atoms with Gasteiger partial charge in [-0.05, 0) is 37.8 Å². The smallest absolute Gasteiger partial charge is 0.409 e. The van der Waals surface area contributed by atoms with Crippen LogP contribution in [0.25, 0.3) is 5.57 Å². The molecule has 2 aliphatic heterocycles. The van der Waals surface area contributed by atoms with Crippen LogP contribution in [0.5, 0.6) is 0 Å². The minimum atomic E-state index is -0.308. The van der Waals surface area contributed by atoms with Crippen molar-refractivity contribution in [1.82, 2.24) is 4.90 Å². The van der Waals surface area contributed by atoms with Crippen LogP contribution in [0.4, 0.5) is 0 Å². The number of carbonyl (C=O) groups is 1. The maximum absolute atomic E-state index is 12.3. The van der Waals surface area contributed by atoms with E-state index in [1.54, 1.807) is 6.08 Å². The molecule has 0 saturated carbocycles. The molecule has 110 valence electrons. The van der Waals surface area contributed by atoms with Crippen molar-refractivity contribution in [3.8, 4) is 0 Å². The van der Waals surface area contributed by atoms with E-state index in [0.717, 1.165) is 18.5 Å². The minimum Gasteiger partial charge on any atom is -0.427 e. The molecule has 1 saturated heterocycles. The summed E-state index contributed by atoms with van der Waals surface area (Å²) in [7, 11) is 1.88. The number of nitrogens with zero attached hydrogens (tertiary/aromatic N) is 2. The lowest BCUT2D eigenvalue weighted by atomic mass is 9.88. The van der Waals surface area contributed by atoms with Crippen LogP contribution in [0, 0.1) is 0 Å². The molecule has 2 aliphatic rings. The van der Waals surface area contributed by atoms with Crippen LogP contribution in [-0.4, -0.2) is 23.5 Å². The van der Waals surface area contributed by atoms with E-state index >= 15 is 0 Å². The van der Waals surface area contributed by atoms with Crippen LogP contribution >= 0.6 is 0 Å². The summed E-state index contributed by atoms with van der Waals surface area (Å²) in [6, 6.07) is 4.70. The van der Waals surface area contributed by atoms with E-state index in [-0.39, 0.29) is 5.97 Å². The average molecular weight is 285 g/mol. The SMILES string of the molecule is C/C=C/OC(=O)c1c(C2=CN3CCC3CC2)ccc[n+]1C. The number of hydrogen-bond donors (Lipinski definition) is 0. The Morgan fingerprint density at radius 1 is 1.48 bits per heavy atom. The Labute approximate surface area is 125 Å². The Bertz CT molecular complexity index is 619. The maximum atomic E-state index is 12.3. The summed E-state index contributed by atoms with van der Waals surface area (Å²) < 4.78 is 7.01. The molecule has 1 aromatic rings. The first-order valence-electron chi connectivity index (χ1n) is 7.48. The van der Waals surface area contributed by atoms with Gasteiger partial charge in [-0.3, -0.25) is 0 Å². The van der Waals surface area contributed by atoms with E-state index in [1.807, 2.05) is 36.9 Å². The molecule has 0 bridgehead atoms. The van der Waals surface area contributed by atoms with Crippen LogP contribution in [0.1, 0.15) is 42.2 Å². The zero-order valence-corrected chi connectivity index (χ0v) is 12.6. The molecule has 0 N–H and O–H groups in total. The first kappa shape index (κ1) is 13.9. The van der Waals surface area contributed by atoms with E-state index < -0.39 is 0 Å². The van der Waals surface area contributed by atoms with Gasteiger partial charge < -0.3 is 9.64 Å².